The largest absolute Gasteiger partial charge is 0.494 e. The maximum absolute atomic E-state index is 10.9. The van der Waals surface area contributed by atoms with Crippen molar-refractivity contribution in [1.29, 1.82) is 0 Å². The van der Waals surface area contributed by atoms with E-state index < -0.39 is 11.9 Å². The molecule has 0 unspecified atom stereocenters. The minimum absolute atomic E-state index is 0.263. The summed E-state index contributed by atoms with van der Waals surface area (Å²) in [6.07, 6.45) is 0. The van der Waals surface area contributed by atoms with E-state index in [1.54, 1.807) is 0 Å². The van der Waals surface area contributed by atoms with Crippen LogP contribution in [0.3, 0.4) is 0 Å². The zero-order chi connectivity index (χ0) is 11.4. The third-order valence-corrected chi connectivity index (χ3v) is 1.67. The van der Waals surface area contributed by atoms with E-state index in [-0.39, 0.29) is 5.69 Å². The molecule has 0 saturated heterocycles. The van der Waals surface area contributed by atoms with Crippen LogP contribution in [-0.2, 0) is 9.59 Å². The third kappa shape index (κ3) is 2.60. The molecule has 4 N–H and O–H groups in total. The number of nitrogens with one attached hydrogen (secondary N) is 1. The van der Waals surface area contributed by atoms with E-state index in [2.05, 4.69) is 5.32 Å². The smallest absolute Gasteiger partial charge is 0.394 e. The van der Waals surface area contributed by atoms with Gasteiger partial charge in [-0.25, -0.2) is 4.79 Å². The average Bonchev–Trinajstić information content (AvgIpc) is 2.20. The molecule has 0 bridgehead atoms. The van der Waals surface area contributed by atoms with Crippen LogP contribution in [0.25, 0.3) is 0 Å². The van der Waals surface area contributed by atoms with Gasteiger partial charge in [-0.2, -0.15) is 0 Å². The van der Waals surface area contributed by atoms with Crippen LogP contribution in [0.5, 0.6) is 5.75 Å². The Balaban J connectivity index is 2.94. The van der Waals surface area contributed by atoms with Gasteiger partial charge in [0.2, 0.25) is 0 Å². The second-order valence-electron chi connectivity index (χ2n) is 2.72. The topological polar surface area (TPSA) is 102 Å². The molecule has 1 aromatic carbocycles. The lowest BCUT2D eigenvalue weighted by Crippen LogP contribution is -2.22. The molecule has 15 heavy (non-hydrogen) atoms. The summed E-state index contributed by atoms with van der Waals surface area (Å²) in [5.74, 6) is -2.38. The molecule has 0 aliphatic heterocycles. The molecule has 0 aliphatic rings. The van der Waals surface area contributed by atoms with Gasteiger partial charge in [0.15, 0.2) is 0 Å². The fraction of sp³-hybridized carbons (Fsp3) is 0.111. The van der Waals surface area contributed by atoms with Gasteiger partial charge >= 0.3 is 11.9 Å². The van der Waals surface area contributed by atoms with Crippen LogP contribution in [-0.4, -0.2) is 24.1 Å². The normalized spacial score (nSPS) is 9.40. The molecule has 6 heteroatoms. The summed E-state index contributed by atoms with van der Waals surface area (Å²) < 4.78 is 4.92. The SMILES string of the molecule is COc1cc(N)ccc1NC(=O)C(=O)O. The highest BCUT2D eigenvalue weighted by Crippen LogP contribution is 2.26. The van der Waals surface area contributed by atoms with Gasteiger partial charge < -0.3 is 20.9 Å². The summed E-state index contributed by atoms with van der Waals surface area (Å²) in [4.78, 5) is 21.2. The first-order valence-electron chi connectivity index (χ1n) is 4.02. The van der Waals surface area contributed by atoms with Crippen molar-refractivity contribution in [3.05, 3.63) is 18.2 Å². The molecule has 0 saturated carbocycles. The Hall–Kier alpha value is -2.24. The van der Waals surface area contributed by atoms with E-state index in [0.29, 0.717) is 11.4 Å². The van der Waals surface area contributed by atoms with Gasteiger partial charge in [0.05, 0.1) is 12.8 Å². The molecular formula is C9H10N2O4. The highest BCUT2D eigenvalue weighted by Gasteiger charge is 2.13. The quantitative estimate of drug-likeness (QED) is 0.481. The Bertz CT molecular complexity index is 403. The lowest BCUT2D eigenvalue weighted by Gasteiger charge is -2.08. The summed E-state index contributed by atoms with van der Waals surface area (Å²) in [6.45, 7) is 0. The molecule has 1 rings (SSSR count). The Labute approximate surface area is 85.6 Å². The second-order valence-corrected chi connectivity index (χ2v) is 2.72. The summed E-state index contributed by atoms with van der Waals surface area (Å²) in [7, 11) is 1.39. The molecule has 1 aromatic rings. The van der Waals surface area contributed by atoms with Crippen LogP contribution in [0.1, 0.15) is 0 Å². The van der Waals surface area contributed by atoms with Crippen LogP contribution < -0.4 is 15.8 Å². The number of carbonyl (C=O) groups excluding carboxylic acids is 1. The number of rotatable bonds is 2. The molecule has 0 aliphatic carbocycles. The number of anilines is 2. The number of carboxylic acids is 1. The zero-order valence-electron chi connectivity index (χ0n) is 7.98. The van der Waals surface area contributed by atoms with E-state index in [9.17, 15) is 9.59 Å². The van der Waals surface area contributed by atoms with Crippen molar-refractivity contribution in [2.24, 2.45) is 0 Å². The van der Waals surface area contributed by atoms with Gasteiger partial charge in [0.1, 0.15) is 5.75 Å². The molecule has 6 nitrogen and oxygen atoms in total. The predicted molar refractivity (Wildman–Crippen MR) is 53.7 cm³/mol. The number of carboxylic acid groups (broad SMARTS) is 1. The van der Waals surface area contributed by atoms with E-state index in [1.165, 1.54) is 25.3 Å². The van der Waals surface area contributed by atoms with Gasteiger partial charge in [0, 0.05) is 11.8 Å². The highest BCUT2D eigenvalue weighted by molar-refractivity contribution is 6.36. The molecule has 0 radical (unpaired) electrons. The number of carbonyl (C=O) groups is 2. The zero-order valence-corrected chi connectivity index (χ0v) is 7.98. The summed E-state index contributed by atoms with van der Waals surface area (Å²) >= 11 is 0. The second kappa shape index (κ2) is 4.32. The number of nitrogens with two attached hydrogens (primary N) is 1. The van der Waals surface area contributed by atoms with Crippen molar-refractivity contribution >= 4 is 23.3 Å². The number of hydrogen-bond acceptors (Lipinski definition) is 4. The number of aliphatic carboxylic acids is 1. The Kier molecular flexibility index (Phi) is 3.12. The van der Waals surface area contributed by atoms with Gasteiger partial charge in [-0.15, -0.1) is 0 Å². The van der Waals surface area contributed by atoms with E-state index in [1.807, 2.05) is 0 Å². The molecule has 0 heterocycles. The first-order valence-corrected chi connectivity index (χ1v) is 4.02. The lowest BCUT2D eigenvalue weighted by atomic mass is 10.2. The van der Waals surface area contributed by atoms with Crippen molar-refractivity contribution in [3.63, 3.8) is 0 Å². The van der Waals surface area contributed by atoms with E-state index in [4.69, 9.17) is 15.6 Å². The molecule has 0 spiro atoms. The third-order valence-electron chi connectivity index (χ3n) is 1.67. The van der Waals surface area contributed by atoms with Crippen molar-refractivity contribution in [1.82, 2.24) is 0 Å². The number of benzene rings is 1. The molecule has 0 aromatic heterocycles. The van der Waals surface area contributed by atoms with Crippen molar-refractivity contribution in [3.8, 4) is 5.75 Å². The van der Waals surface area contributed by atoms with Crippen LogP contribution >= 0.6 is 0 Å². The fourth-order valence-electron chi connectivity index (χ4n) is 0.987. The number of hydrogen-bond donors (Lipinski definition) is 3. The predicted octanol–water partition coefficient (Wildman–Crippen LogP) is 0.301. The number of amides is 1. The maximum Gasteiger partial charge on any atom is 0.394 e. The van der Waals surface area contributed by atoms with E-state index >= 15 is 0 Å². The molecule has 0 fully saturated rings. The Morgan fingerprint density at radius 2 is 2.13 bits per heavy atom. The van der Waals surface area contributed by atoms with Crippen LogP contribution in [0.2, 0.25) is 0 Å². The number of methoxy groups -OCH3 is 1. The van der Waals surface area contributed by atoms with Crippen LogP contribution in [0.15, 0.2) is 18.2 Å². The molecule has 80 valence electrons. The van der Waals surface area contributed by atoms with E-state index in [0.717, 1.165) is 0 Å². The first kappa shape index (κ1) is 10.8. The maximum atomic E-state index is 10.9. The first-order chi connectivity index (χ1) is 7.04. The molecule has 0 atom stereocenters. The van der Waals surface area contributed by atoms with Crippen molar-refractivity contribution in [2.75, 3.05) is 18.2 Å². The number of nitrogen functional groups attached to an aromatic ring is 1. The summed E-state index contributed by atoms with van der Waals surface area (Å²) in [5, 5.41) is 10.6. The Morgan fingerprint density at radius 3 is 2.67 bits per heavy atom. The lowest BCUT2D eigenvalue weighted by molar-refractivity contribution is -0.147. The number of ether oxygens (including phenoxy) is 1. The van der Waals surface area contributed by atoms with Crippen molar-refractivity contribution in [2.45, 2.75) is 0 Å². The van der Waals surface area contributed by atoms with Gasteiger partial charge in [-0.1, -0.05) is 0 Å². The minimum Gasteiger partial charge on any atom is -0.494 e. The van der Waals surface area contributed by atoms with Gasteiger partial charge in [-0.3, -0.25) is 4.79 Å². The minimum atomic E-state index is -1.56. The Morgan fingerprint density at radius 1 is 1.47 bits per heavy atom. The van der Waals surface area contributed by atoms with Crippen molar-refractivity contribution < 1.29 is 19.4 Å². The molecular weight excluding hydrogens is 200 g/mol. The van der Waals surface area contributed by atoms with Gasteiger partial charge in [-0.05, 0) is 12.1 Å². The highest BCUT2D eigenvalue weighted by atomic mass is 16.5. The van der Waals surface area contributed by atoms with Gasteiger partial charge in [0.25, 0.3) is 0 Å². The summed E-state index contributed by atoms with van der Waals surface area (Å²) in [5.41, 5.74) is 6.21. The standard InChI is InChI=1S/C9H10N2O4/c1-15-7-4-5(10)2-3-6(7)11-8(12)9(13)14/h2-4H,10H2,1H3,(H,11,12)(H,13,14). The molecule has 1 amide bonds. The van der Waals surface area contributed by atoms with Crippen LogP contribution in [0, 0.1) is 0 Å². The summed E-state index contributed by atoms with van der Waals surface area (Å²) in [6, 6.07) is 4.48. The monoisotopic (exact) mass is 210 g/mol. The fourth-order valence-corrected chi connectivity index (χ4v) is 0.987. The average molecular weight is 210 g/mol. The van der Waals surface area contributed by atoms with Crippen LogP contribution in [0.4, 0.5) is 11.4 Å².